The van der Waals surface area contributed by atoms with Gasteiger partial charge in [-0.1, -0.05) is 23.0 Å². The number of benzene rings is 2. The number of nitrogens with zero attached hydrogens (tertiary/aromatic N) is 6. The molecule has 4 rings (SSSR count). The molecule has 0 saturated carbocycles. The summed E-state index contributed by atoms with van der Waals surface area (Å²) in [5.41, 5.74) is 2.21. The maximum atomic E-state index is 12.4. The summed E-state index contributed by atoms with van der Waals surface area (Å²) in [7, 11) is 1.61. The largest absolute Gasteiger partial charge is 0.497 e. The minimum atomic E-state index is -0.164. The molecular weight excluding hydrogens is 418 g/mol. The van der Waals surface area contributed by atoms with Gasteiger partial charge in [-0.3, -0.25) is 4.79 Å². The molecule has 158 valence electrons. The second-order valence-electron chi connectivity index (χ2n) is 6.42. The second kappa shape index (κ2) is 9.39. The number of methoxy groups -OCH3 is 1. The SMILES string of the molecule is COc1ccc(-c2noc(CCC(=O)Nc3cccc(-n4nnnc4SC)c3)n2)cc1. The van der Waals surface area contributed by atoms with Crippen LogP contribution < -0.4 is 10.1 Å². The Hall–Kier alpha value is -3.73. The molecule has 0 fully saturated rings. The van der Waals surface area contributed by atoms with E-state index in [0.717, 1.165) is 17.0 Å². The molecule has 0 unspecified atom stereocenters. The van der Waals surface area contributed by atoms with Crippen molar-refractivity contribution >= 4 is 23.4 Å². The molecule has 31 heavy (non-hydrogen) atoms. The second-order valence-corrected chi connectivity index (χ2v) is 7.19. The van der Waals surface area contributed by atoms with Crippen molar-refractivity contribution in [3.8, 4) is 22.8 Å². The molecule has 1 N–H and O–H groups in total. The number of carbonyl (C=O) groups excluding carboxylic acids is 1. The average Bonchev–Trinajstić information content (AvgIpc) is 3.47. The van der Waals surface area contributed by atoms with Gasteiger partial charge >= 0.3 is 0 Å². The van der Waals surface area contributed by atoms with Crippen molar-refractivity contribution in [2.24, 2.45) is 0 Å². The number of aryl methyl sites for hydroxylation is 1. The van der Waals surface area contributed by atoms with Crippen LogP contribution in [-0.4, -0.2) is 49.6 Å². The molecule has 2 heterocycles. The molecule has 10 nitrogen and oxygen atoms in total. The normalized spacial score (nSPS) is 10.8. The smallest absolute Gasteiger partial charge is 0.227 e. The lowest BCUT2D eigenvalue weighted by atomic mass is 10.2. The highest BCUT2D eigenvalue weighted by Gasteiger charge is 2.12. The van der Waals surface area contributed by atoms with E-state index in [2.05, 4.69) is 31.0 Å². The molecule has 0 atom stereocenters. The molecule has 0 aliphatic rings. The average molecular weight is 437 g/mol. The third kappa shape index (κ3) is 4.89. The van der Waals surface area contributed by atoms with E-state index in [4.69, 9.17) is 9.26 Å². The Bertz CT molecular complexity index is 1170. The first-order valence-corrected chi connectivity index (χ1v) is 10.6. The lowest BCUT2D eigenvalue weighted by Gasteiger charge is -2.07. The fourth-order valence-electron chi connectivity index (χ4n) is 2.84. The van der Waals surface area contributed by atoms with Gasteiger partial charge in [0, 0.05) is 24.1 Å². The molecule has 0 aliphatic carbocycles. The van der Waals surface area contributed by atoms with Crippen molar-refractivity contribution < 1.29 is 14.1 Å². The third-order valence-corrected chi connectivity index (χ3v) is 5.00. The van der Waals surface area contributed by atoms with Gasteiger partial charge in [0.2, 0.25) is 22.8 Å². The number of aromatic nitrogens is 6. The highest BCUT2D eigenvalue weighted by Crippen LogP contribution is 2.21. The standard InChI is InChI=1S/C20H19N7O3S/c1-29-16-8-6-13(7-9-16)19-22-18(30-24-19)11-10-17(28)21-14-4-3-5-15(12-14)27-20(31-2)23-25-26-27/h3-9,12H,10-11H2,1-2H3,(H,21,28). The van der Waals surface area contributed by atoms with Crippen LogP contribution in [0.3, 0.4) is 0 Å². The van der Waals surface area contributed by atoms with Gasteiger partial charge in [-0.15, -0.1) is 5.10 Å². The van der Waals surface area contributed by atoms with E-state index in [9.17, 15) is 4.79 Å². The van der Waals surface area contributed by atoms with E-state index in [1.54, 1.807) is 17.9 Å². The maximum absolute atomic E-state index is 12.4. The van der Waals surface area contributed by atoms with Crippen LogP contribution in [-0.2, 0) is 11.2 Å². The van der Waals surface area contributed by atoms with E-state index in [1.807, 2.05) is 48.7 Å². The Balaban J connectivity index is 1.36. The Morgan fingerprint density at radius 2 is 2.06 bits per heavy atom. The quantitative estimate of drug-likeness (QED) is 0.415. The predicted molar refractivity (Wildman–Crippen MR) is 114 cm³/mol. The molecule has 11 heteroatoms. The lowest BCUT2D eigenvalue weighted by Crippen LogP contribution is -2.12. The first-order chi connectivity index (χ1) is 15.2. The summed E-state index contributed by atoms with van der Waals surface area (Å²) >= 11 is 1.43. The monoisotopic (exact) mass is 437 g/mol. The van der Waals surface area contributed by atoms with E-state index in [-0.39, 0.29) is 12.3 Å². The summed E-state index contributed by atoms with van der Waals surface area (Å²) in [5, 5.41) is 19.1. The zero-order valence-corrected chi connectivity index (χ0v) is 17.7. The number of tetrazole rings is 1. The highest BCUT2D eigenvalue weighted by molar-refractivity contribution is 7.98. The van der Waals surface area contributed by atoms with Crippen LogP contribution in [0.4, 0.5) is 5.69 Å². The molecule has 2 aromatic heterocycles. The zero-order valence-electron chi connectivity index (χ0n) is 16.8. The molecular formula is C20H19N7O3S. The van der Waals surface area contributed by atoms with Crippen molar-refractivity contribution in [1.29, 1.82) is 0 Å². The number of anilines is 1. The fraction of sp³-hybridized carbons (Fsp3) is 0.200. The Kier molecular flexibility index (Phi) is 6.22. The molecule has 0 radical (unpaired) electrons. The van der Waals surface area contributed by atoms with Crippen molar-refractivity contribution in [3.05, 3.63) is 54.4 Å². The third-order valence-electron chi connectivity index (χ3n) is 4.38. The summed E-state index contributed by atoms with van der Waals surface area (Å²) in [5.74, 6) is 1.45. The molecule has 4 aromatic rings. The Morgan fingerprint density at radius 1 is 1.23 bits per heavy atom. The van der Waals surface area contributed by atoms with Gasteiger partial charge in [0.1, 0.15) is 5.75 Å². The van der Waals surface area contributed by atoms with E-state index in [1.165, 1.54) is 11.8 Å². The minimum absolute atomic E-state index is 0.164. The first kappa shape index (κ1) is 20.5. The van der Waals surface area contributed by atoms with E-state index < -0.39 is 0 Å². The van der Waals surface area contributed by atoms with Gasteiger partial charge in [-0.25, -0.2) is 0 Å². The topological polar surface area (TPSA) is 121 Å². The fourth-order valence-corrected chi connectivity index (χ4v) is 3.27. The van der Waals surface area contributed by atoms with E-state index >= 15 is 0 Å². The Labute approximate surface area is 182 Å². The molecule has 1 amide bonds. The van der Waals surface area contributed by atoms with Gasteiger partial charge in [0.25, 0.3) is 0 Å². The van der Waals surface area contributed by atoms with Gasteiger partial charge in [0.15, 0.2) is 0 Å². The summed E-state index contributed by atoms with van der Waals surface area (Å²) < 4.78 is 12.0. The number of hydrogen-bond donors (Lipinski definition) is 1. The number of ether oxygens (including phenoxy) is 1. The van der Waals surface area contributed by atoms with Crippen LogP contribution in [0.1, 0.15) is 12.3 Å². The molecule has 0 aliphatic heterocycles. The van der Waals surface area contributed by atoms with Gasteiger partial charge in [-0.05, 0) is 59.1 Å². The molecule has 2 aromatic carbocycles. The van der Waals surface area contributed by atoms with Crippen LogP contribution in [0.15, 0.2) is 58.2 Å². The summed E-state index contributed by atoms with van der Waals surface area (Å²) in [4.78, 5) is 16.7. The number of thioether (sulfide) groups is 1. The number of rotatable bonds is 8. The maximum Gasteiger partial charge on any atom is 0.227 e. The highest BCUT2D eigenvalue weighted by atomic mass is 32.2. The minimum Gasteiger partial charge on any atom is -0.497 e. The molecule has 0 saturated heterocycles. The van der Waals surface area contributed by atoms with Crippen LogP contribution >= 0.6 is 11.8 Å². The number of nitrogens with one attached hydrogen (secondary N) is 1. The lowest BCUT2D eigenvalue weighted by molar-refractivity contribution is -0.116. The van der Waals surface area contributed by atoms with Crippen LogP contribution in [0.25, 0.3) is 17.1 Å². The number of amides is 1. The van der Waals surface area contributed by atoms with E-state index in [0.29, 0.717) is 29.0 Å². The number of carbonyl (C=O) groups is 1. The van der Waals surface area contributed by atoms with Gasteiger partial charge in [-0.2, -0.15) is 9.67 Å². The van der Waals surface area contributed by atoms with Crippen molar-refractivity contribution in [2.75, 3.05) is 18.7 Å². The predicted octanol–water partition coefficient (Wildman–Crippen LogP) is 3.01. The first-order valence-electron chi connectivity index (χ1n) is 9.36. The summed E-state index contributed by atoms with van der Waals surface area (Å²) in [6.07, 6.45) is 2.43. The zero-order chi connectivity index (χ0) is 21.6. The molecule has 0 spiro atoms. The Morgan fingerprint density at radius 3 is 2.84 bits per heavy atom. The molecule has 0 bridgehead atoms. The van der Waals surface area contributed by atoms with Crippen LogP contribution in [0.5, 0.6) is 5.75 Å². The van der Waals surface area contributed by atoms with Gasteiger partial charge in [0.05, 0.1) is 12.8 Å². The van der Waals surface area contributed by atoms with Crippen molar-refractivity contribution in [2.45, 2.75) is 18.0 Å². The van der Waals surface area contributed by atoms with Crippen molar-refractivity contribution in [1.82, 2.24) is 30.3 Å². The van der Waals surface area contributed by atoms with Crippen LogP contribution in [0.2, 0.25) is 0 Å². The van der Waals surface area contributed by atoms with Crippen molar-refractivity contribution in [3.63, 3.8) is 0 Å². The summed E-state index contributed by atoms with van der Waals surface area (Å²) in [6, 6.07) is 14.7. The van der Waals surface area contributed by atoms with Gasteiger partial charge < -0.3 is 14.6 Å². The number of hydrogen-bond acceptors (Lipinski definition) is 9. The summed E-state index contributed by atoms with van der Waals surface area (Å²) in [6.45, 7) is 0. The van der Waals surface area contributed by atoms with Crippen LogP contribution in [0, 0.1) is 0 Å².